The average Bonchev–Trinajstić information content (AvgIpc) is 3.20. The third kappa shape index (κ3) is 1.98. The number of benzene rings is 4. The molecule has 134 valence electrons. The lowest BCUT2D eigenvalue weighted by molar-refractivity contribution is 1.77. The molecule has 0 aromatic heterocycles. The molecule has 0 saturated heterocycles. The molecule has 4 heteroatoms. The van der Waals surface area contributed by atoms with Crippen LogP contribution in [0.15, 0.2) is 97.1 Å². The predicted molar refractivity (Wildman–Crippen MR) is 131 cm³/mol. The summed E-state index contributed by atoms with van der Waals surface area (Å²) in [6.45, 7) is -4.06. The molecule has 0 fully saturated rings. The lowest BCUT2D eigenvalue weighted by Gasteiger charge is -2.34. The molecule has 2 aliphatic rings. The third-order valence-corrected chi connectivity index (χ3v) is 15.8. The summed E-state index contributed by atoms with van der Waals surface area (Å²) in [6, 6.07) is 34.7. The summed E-state index contributed by atoms with van der Waals surface area (Å²) in [5, 5.41) is 7.86. The van der Waals surface area contributed by atoms with Crippen LogP contribution in [-0.2, 0) is 24.5 Å². The van der Waals surface area contributed by atoms with E-state index in [1.165, 1.54) is 43.0 Å². The molecule has 2 aliphatic heterocycles. The van der Waals surface area contributed by atoms with E-state index in [1.807, 2.05) is 0 Å². The molecular formula is C24H16P2S2. The van der Waals surface area contributed by atoms with Gasteiger partial charge in [0.05, 0.1) is 43.0 Å². The van der Waals surface area contributed by atoms with Crippen LogP contribution in [-0.4, -0.2) is 0 Å². The van der Waals surface area contributed by atoms with Gasteiger partial charge in [0.15, 0.2) is 0 Å². The van der Waals surface area contributed by atoms with Crippen LogP contribution in [0.25, 0.3) is 11.1 Å². The van der Waals surface area contributed by atoms with E-state index < -0.39 is 12.9 Å². The first-order chi connectivity index (χ1) is 13.7. The molecule has 28 heavy (non-hydrogen) atoms. The van der Waals surface area contributed by atoms with E-state index in [4.69, 9.17) is 24.5 Å². The van der Waals surface area contributed by atoms with Crippen molar-refractivity contribution in [1.82, 2.24) is 0 Å². The van der Waals surface area contributed by atoms with Crippen molar-refractivity contribution in [3.8, 4) is 11.1 Å². The number of rotatable bonds is 2. The summed E-state index contributed by atoms with van der Waals surface area (Å²) in [6.07, 6.45) is 0. The van der Waals surface area contributed by atoms with Gasteiger partial charge >= 0.3 is 0 Å². The first kappa shape index (κ1) is 17.3. The number of hydrogen-bond donors (Lipinski definition) is 0. The SMILES string of the molecule is [S-][P+]1(c2ccccc2)c2cccc3c2-c2c1cccc2[P+]3([S-])c1ccccc1. The van der Waals surface area contributed by atoms with Gasteiger partial charge in [-0.25, -0.2) is 0 Å². The van der Waals surface area contributed by atoms with Crippen LogP contribution in [0.3, 0.4) is 0 Å². The predicted octanol–water partition coefficient (Wildman–Crippen LogP) is 3.49. The van der Waals surface area contributed by atoms with Crippen LogP contribution >= 0.6 is 12.9 Å². The molecule has 0 unspecified atom stereocenters. The van der Waals surface area contributed by atoms with Crippen molar-refractivity contribution in [2.75, 3.05) is 0 Å². The summed E-state index contributed by atoms with van der Waals surface area (Å²) in [7, 11) is 0. The highest BCUT2D eigenvalue weighted by atomic mass is 32.7. The Morgan fingerprint density at radius 1 is 0.393 bits per heavy atom. The molecule has 0 radical (unpaired) electrons. The second-order valence-electron chi connectivity index (χ2n) is 7.23. The van der Waals surface area contributed by atoms with E-state index in [0.717, 1.165) is 0 Å². The minimum absolute atomic E-state index is 1.27. The molecule has 2 heterocycles. The standard InChI is InChI=1S/C24H16P2S2/c27-25(17-9-3-1-4-10-17)19-13-7-15-21-23(19)24-20(25)14-8-16-22(24)26(21,28)18-11-5-2-6-12-18/h1-16H. The maximum Gasteiger partial charge on any atom is 0.0950 e. The topological polar surface area (TPSA) is 0 Å². The van der Waals surface area contributed by atoms with E-state index in [2.05, 4.69) is 97.1 Å². The van der Waals surface area contributed by atoms with E-state index in [9.17, 15) is 0 Å². The Morgan fingerprint density at radius 2 is 0.714 bits per heavy atom. The molecule has 0 atom stereocenters. The zero-order chi connectivity index (χ0) is 18.9. The van der Waals surface area contributed by atoms with Gasteiger partial charge in [-0.15, -0.1) is 0 Å². The minimum Gasteiger partial charge on any atom is -0.540 e. The highest BCUT2D eigenvalue weighted by Gasteiger charge is 2.55. The quantitative estimate of drug-likeness (QED) is 0.353. The van der Waals surface area contributed by atoms with Crippen LogP contribution < -0.4 is 31.8 Å². The normalized spacial score (nSPS) is 16.8. The first-order valence-corrected chi connectivity index (χ1v) is 14.9. The molecule has 0 amide bonds. The van der Waals surface area contributed by atoms with Crippen molar-refractivity contribution in [3.63, 3.8) is 0 Å². The highest BCUT2D eigenvalue weighted by Crippen LogP contribution is 2.68. The Balaban J connectivity index is 1.74. The highest BCUT2D eigenvalue weighted by molar-refractivity contribution is 8.53. The molecule has 0 aliphatic carbocycles. The van der Waals surface area contributed by atoms with Crippen LogP contribution in [0.5, 0.6) is 0 Å². The summed E-state index contributed by atoms with van der Waals surface area (Å²) >= 11 is 13.0. The van der Waals surface area contributed by atoms with Crippen molar-refractivity contribution in [2.24, 2.45) is 0 Å². The average molecular weight is 430 g/mol. The lowest BCUT2D eigenvalue weighted by atomic mass is 10.1. The molecule has 4 aromatic carbocycles. The van der Waals surface area contributed by atoms with Gasteiger partial charge in [0.2, 0.25) is 0 Å². The summed E-state index contributed by atoms with van der Waals surface area (Å²) in [5.41, 5.74) is 2.71. The van der Waals surface area contributed by atoms with Crippen molar-refractivity contribution in [3.05, 3.63) is 97.1 Å². The van der Waals surface area contributed by atoms with Gasteiger partial charge in [0.25, 0.3) is 0 Å². The molecule has 0 N–H and O–H groups in total. The zero-order valence-corrected chi connectivity index (χ0v) is 18.4. The van der Waals surface area contributed by atoms with E-state index in [1.54, 1.807) is 0 Å². The third-order valence-electron chi connectivity index (χ3n) is 5.89. The number of hydrogen-bond acceptors (Lipinski definition) is 2. The molecule has 0 spiro atoms. The largest absolute Gasteiger partial charge is 0.540 e. The molecule has 6 rings (SSSR count). The maximum absolute atomic E-state index is 6.51. The Hall–Kier alpha value is -1.56. The van der Waals surface area contributed by atoms with Gasteiger partial charge in [0, 0.05) is 0 Å². The van der Waals surface area contributed by atoms with Crippen molar-refractivity contribution in [1.29, 1.82) is 0 Å². The van der Waals surface area contributed by atoms with E-state index in [-0.39, 0.29) is 0 Å². The Morgan fingerprint density at radius 3 is 1.04 bits per heavy atom. The fourth-order valence-corrected chi connectivity index (χ4v) is 13.6. The van der Waals surface area contributed by atoms with Crippen molar-refractivity contribution in [2.45, 2.75) is 0 Å². The molecule has 4 aromatic rings. The maximum atomic E-state index is 6.51. The van der Waals surface area contributed by atoms with Gasteiger partial charge in [0.1, 0.15) is 0 Å². The van der Waals surface area contributed by atoms with E-state index in [0.29, 0.717) is 0 Å². The van der Waals surface area contributed by atoms with Crippen LogP contribution in [0, 0.1) is 0 Å². The second-order valence-corrected chi connectivity index (χ2v) is 15.9. The molecule has 0 saturated carbocycles. The Labute approximate surface area is 177 Å². The van der Waals surface area contributed by atoms with Gasteiger partial charge in [-0.2, -0.15) is 0 Å². The smallest absolute Gasteiger partial charge is 0.0950 e. The molecule has 0 bridgehead atoms. The van der Waals surface area contributed by atoms with Gasteiger partial charge in [-0.05, 0) is 61.5 Å². The molecular weight excluding hydrogens is 414 g/mol. The minimum atomic E-state index is -2.03. The van der Waals surface area contributed by atoms with Crippen LogP contribution in [0.2, 0.25) is 0 Å². The van der Waals surface area contributed by atoms with Crippen LogP contribution in [0.4, 0.5) is 0 Å². The fourth-order valence-electron chi connectivity index (χ4n) is 4.71. The Kier molecular flexibility index (Phi) is 3.69. The Bertz CT molecular complexity index is 1090. The van der Waals surface area contributed by atoms with E-state index >= 15 is 0 Å². The second kappa shape index (κ2) is 5.97. The summed E-state index contributed by atoms with van der Waals surface area (Å²) in [4.78, 5) is 0. The first-order valence-electron chi connectivity index (χ1n) is 9.27. The van der Waals surface area contributed by atoms with Gasteiger partial charge in [-0.1, -0.05) is 48.5 Å². The van der Waals surface area contributed by atoms with Crippen LogP contribution in [0.1, 0.15) is 0 Å². The molecule has 0 nitrogen and oxygen atoms in total. The monoisotopic (exact) mass is 430 g/mol. The fraction of sp³-hybridized carbons (Fsp3) is 0. The van der Waals surface area contributed by atoms with Crippen molar-refractivity contribution >= 4 is 69.3 Å². The zero-order valence-electron chi connectivity index (χ0n) is 14.9. The van der Waals surface area contributed by atoms with Crippen molar-refractivity contribution < 1.29 is 0 Å². The van der Waals surface area contributed by atoms with Gasteiger partial charge < -0.3 is 24.5 Å². The van der Waals surface area contributed by atoms with Gasteiger partial charge in [-0.3, -0.25) is 0 Å². The summed E-state index contributed by atoms with van der Waals surface area (Å²) < 4.78 is 0. The summed E-state index contributed by atoms with van der Waals surface area (Å²) in [5.74, 6) is 0. The lowest BCUT2D eigenvalue weighted by Crippen LogP contribution is -2.32.